The van der Waals surface area contributed by atoms with Crippen molar-refractivity contribution in [2.75, 3.05) is 7.05 Å². The van der Waals surface area contributed by atoms with Crippen molar-refractivity contribution in [3.8, 4) is 0 Å². The molecule has 0 unspecified atom stereocenters. The van der Waals surface area contributed by atoms with E-state index in [-0.39, 0.29) is 11.8 Å². The molecule has 1 aromatic heterocycles. The highest BCUT2D eigenvalue weighted by atomic mass is 79.9. The maximum atomic E-state index is 12.2. The van der Waals surface area contributed by atoms with E-state index in [1.54, 1.807) is 16.2 Å². The third-order valence-electron chi connectivity index (χ3n) is 3.29. The van der Waals surface area contributed by atoms with Crippen molar-refractivity contribution in [3.05, 3.63) is 20.8 Å². The predicted molar refractivity (Wildman–Crippen MR) is 75.5 cm³/mol. The molecule has 1 saturated carbocycles. The minimum Gasteiger partial charge on any atom is -0.340 e. The van der Waals surface area contributed by atoms with Crippen molar-refractivity contribution in [2.45, 2.75) is 32.2 Å². The second kappa shape index (κ2) is 5.97. The van der Waals surface area contributed by atoms with Gasteiger partial charge in [0, 0.05) is 30.7 Å². The second-order valence-electron chi connectivity index (χ2n) is 4.71. The average molecular weight is 330 g/mol. The number of hydrogen-bond donors (Lipinski definition) is 0. The van der Waals surface area contributed by atoms with E-state index in [0.29, 0.717) is 25.2 Å². The van der Waals surface area contributed by atoms with Crippen molar-refractivity contribution in [1.29, 1.82) is 0 Å². The first kappa shape index (κ1) is 13.7. The lowest BCUT2D eigenvalue weighted by Crippen LogP contribution is -2.34. The molecule has 0 N–H and O–H groups in total. The minimum absolute atomic E-state index is 0.0381. The SMILES string of the molecule is CN(Cc1ccc(Br)s1)C(=O)C1CCC(=O)CC1. The molecule has 1 fully saturated rings. The molecule has 5 heteroatoms. The van der Waals surface area contributed by atoms with E-state index < -0.39 is 0 Å². The molecule has 1 amide bonds. The molecule has 18 heavy (non-hydrogen) atoms. The number of nitrogens with zero attached hydrogens (tertiary/aromatic N) is 1. The van der Waals surface area contributed by atoms with E-state index in [4.69, 9.17) is 0 Å². The van der Waals surface area contributed by atoms with E-state index >= 15 is 0 Å². The van der Waals surface area contributed by atoms with Gasteiger partial charge in [-0.15, -0.1) is 11.3 Å². The van der Waals surface area contributed by atoms with Gasteiger partial charge in [-0.05, 0) is 40.9 Å². The lowest BCUT2D eigenvalue weighted by atomic mass is 9.87. The number of thiophene rings is 1. The van der Waals surface area contributed by atoms with E-state index in [1.165, 1.54) is 4.88 Å². The van der Waals surface area contributed by atoms with Gasteiger partial charge < -0.3 is 4.90 Å². The fraction of sp³-hybridized carbons (Fsp3) is 0.538. The van der Waals surface area contributed by atoms with E-state index in [2.05, 4.69) is 15.9 Å². The number of halogens is 1. The maximum Gasteiger partial charge on any atom is 0.225 e. The molecule has 98 valence electrons. The molecule has 0 saturated heterocycles. The summed E-state index contributed by atoms with van der Waals surface area (Å²) >= 11 is 5.07. The normalized spacial score (nSPS) is 16.9. The zero-order valence-corrected chi connectivity index (χ0v) is 12.7. The third kappa shape index (κ3) is 3.42. The standard InChI is InChI=1S/C13H16BrNO2S/c1-15(8-11-6-7-12(14)18-11)13(17)9-2-4-10(16)5-3-9/h6-7,9H,2-5,8H2,1H3. The number of ketones is 1. The summed E-state index contributed by atoms with van der Waals surface area (Å²) in [5.41, 5.74) is 0. The summed E-state index contributed by atoms with van der Waals surface area (Å²) < 4.78 is 1.08. The lowest BCUT2D eigenvalue weighted by Gasteiger charge is -2.25. The predicted octanol–water partition coefficient (Wildman–Crippen LogP) is 3.23. The van der Waals surface area contributed by atoms with Crippen LogP contribution in [0.15, 0.2) is 15.9 Å². The number of Topliss-reactive ketones (excluding diaryl/α,β-unsaturated/α-hetero) is 1. The quantitative estimate of drug-likeness (QED) is 0.853. The van der Waals surface area contributed by atoms with Crippen LogP contribution in [0.2, 0.25) is 0 Å². The fourth-order valence-corrected chi connectivity index (χ4v) is 3.78. The van der Waals surface area contributed by atoms with Crippen LogP contribution in [-0.4, -0.2) is 23.6 Å². The van der Waals surface area contributed by atoms with Crippen molar-refractivity contribution in [1.82, 2.24) is 4.90 Å². The summed E-state index contributed by atoms with van der Waals surface area (Å²) in [6.07, 6.45) is 2.57. The zero-order chi connectivity index (χ0) is 13.1. The molecule has 0 aliphatic heterocycles. The van der Waals surface area contributed by atoms with Gasteiger partial charge in [0.1, 0.15) is 5.78 Å². The number of rotatable bonds is 3. The van der Waals surface area contributed by atoms with E-state index in [1.807, 2.05) is 19.2 Å². The molecule has 0 bridgehead atoms. The van der Waals surface area contributed by atoms with Crippen LogP contribution in [0.5, 0.6) is 0 Å². The Kier molecular flexibility index (Phi) is 4.56. The molecule has 2 rings (SSSR count). The van der Waals surface area contributed by atoms with Crippen LogP contribution >= 0.6 is 27.3 Å². The first-order valence-electron chi connectivity index (χ1n) is 6.07. The van der Waals surface area contributed by atoms with Crippen molar-refractivity contribution < 1.29 is 9.59 Å². The highest BCUT2D eigenvalue weighted by Gasteiger charge is 2.27. The first-order chi connectivity index (χ1) is 8.56. The van der Waals surface area contributed by atoms with Crippen molar-refractivity contribution in [3.63, 3.8) is 0 Å². The third-order valence-corrected chi connectivity index (χ3v) is 4.90. The summed E-state index contributed by atoms with van der Waals surface area (Å²) in [5.74, 6) is 0.506. The first-order valence-corrected chi connectivity index (χ1v) is 7.68. The Balaban J connectivity index is 1.90. The average Bonchev–Trinajstić information content (AvgIpc) is 2.75. The van der Waals surface area contributed by atoms with Gasteiger partial charge >= 0.3 is 0 Å². The molecule has 0 atom stereocenters. The maximum absolute atomic E-state index is 12.2. The molecule has 0 aromatic carbocycles. The molecule has 1 aliphatic rings. The van der Waals surface area contributed by atoms with Gasteiger partial charge in [-0.2, -0.15) is 0 Å². The van der Waals surface area contributed by atoms with Crippen LogP contribution in [0.4, 0.5) is 0 Å². The van der Waals surface area contributed by atoms with Gasteiger partial charge in [-0.3, -0.25) is 9.59 Å². The Hall–Kier alpha value is -0.680. The second-order valence-corrected chi connectivity index (χ2v) is 7.26. The number of carbonyl (C=O) groups is 2. The smallest absolute Gasteiger partial charge is 0.225 e. The number of carbonyl (C=O) groups excluding carboxylic acids is 2. The lowest BCUT2D eigenvalue weighted by molar-refractivity contribution is -0.136. The zero-order valence-electron chi connectivity index (χ0n) is 10.3. The van der Waals surface area contributed by atoms with Gasteiger partial charge in [0.15, 0.2) is 0 Å². The van der Waals surface area contributed by atoms with Crippen LogP contribution in [0.25, 0.3) is 0 Å². The Bertz CT molecular complexity index is 448. The molecule has 1 heterocycles. The molecule has 3 nitrogen and oxygen atoms in total. The molecule has 1 aromatic rings. The molecule has 1 aliphatic carbocycles. The summed E-state index contributed by atoms with van der Waals surface area (Å²) in [6.45, 7) is 0.652. The summed E-state index contributed by atoms with van der Waals surface area (Å²) in [6, 6.07) is 4.03. The van der Waals surface area contributed by atoms with Gasteiger partial charge in [-0.25, -0.2) is 0 Å². The molecule has 0 spiro atoms. The summed E-state index contributed by atoms with van der Waals surface area (Å²) in [5, 5.41) is 0. The molecule has 0 radical (unpaired) electrons. The van der Waals surface area contributed by atoms with Crippen LogP contribution in [0, 0.1) is 5.92 Å². The summed E-state index contributed by atoms with van der Waals surface area (Å²) in [4.78, 5) is 26.3. The van der Waals surface area contributed by atoms with Crippen molar-refractivity contribution in [2.24, 2.45) is 5.92 Å². The van der Waals surface area contributed by atoms with E-state index in [9.17, 15) is 9.59 Å². The molecular formula is C13H16BrNO2S. The Morgan fingerprint density at radius 3 is 2.67 bits per heavy atom. The van der Waals surface area contributed by atoms with Crippen LogP contribution in [0.3, 0.4) is 0 Å². The van der Waals surface area contributed by atoms with Crippen LogP contribution < -0.4 is 0 Å². The minimum atomic E-state index is 0.0381. The van der Waals surface area contributed by atoms with Crippen molar-refractivity contribution >= 4 is 39.0 Å². The van der Waals surface area contributed by atoms with Gasteiger partial charge in [0.05, 0.1) is 10.3 Å². The van der Waals surface area contributed by atoms with Gasteiger partial charge in [-0.1, -0.05) is 0 Å². The summed E-state index contributed by atoms with van der Waals surface area (Å²) in [7, 11) is 1.84. The molecular weight excluding hydrogens is 314 g/mol. The number of amides is 1. The van der Waals surface area contributed by atoms with Gasteiger partial charge in [0.2, 0.25) is 5.91 Å². The highest BCUT2D eigenvalue weighted by molar-refractivity contribution is 9.11. The number of hydrogen-bond acceptors (Lipinski definition) is 3. The fourth-order valence-electron chi connectivity index (χ4n) is 2.25. The largest absolute Gasteiger partial charge is 0.340 e. The van der Waals surface area contributed by atoms with Gasteiger partial charge in [0.25, 0.3) is 0 Å². The Morgan fingerprint density at radius 2 is 2.11 bits per heavy atom. The topological polar surface area (TPSA) is 37.4 Å². The Labute approximate surface area is 119 Å². The van der Waals surface area contributed by atoms with E-state index in [0.717, 1.165) is 16.6 Å². The monoisotopic (exact) mass is 329 g/mol. The van der Waals surface area contributed by atoms with Crippen LogP contribution in [-0.2, 0) is 16.1 Å². The Morgan fingerprint density at radius 1 is 1.44 bits per heavy atom. The van der Waals surface area contributed by atoms with Crippen LogP contribution in [0.1, 0.15) is 30.6 Å². The highest BCUT2D eigenvalue weighted by Crippen LogP contribution is 2.26.